The Morgan fingerprint density at radius 1 is 1.21 bits per heavy atom. The summed E-state index contributed by atoms with van der Waals surface area (Å²) in [5.41, 5.74) is 3.57. The third-order valence-corrected chi connectivity index (χ3v) is 2.30. The first-order valence-corrected chi connectivity index (χ1v) is 5.39. The van der Waals surface area contributed by atoms with Gasteiger partial charge < -0.3 is 5.32 Å². The highest BCUT2D eigenvalue weighted by Gasteiger charge is 2.16. The summed E-state index contributed by atoms with van der Waals surface area (Å²) in [5, 5.41) is 10.9. The maximum absolute atomic E-state index is 4.37. The molecule has 1 heterocycles. The van der Waals surface area contributed by atoms with Crippen LogP contribution in [0, 0.1) is 0 Å². The van der Waals surface area contributed by atoms with Gasteiger partial charge in [-0.2, -0.15) is 5.10 Å². The summed E-state index contributed by atoms with van der Waals surface area (Å²) < 4.78 is 0. The molecule has 0 atom stereocenters. The van der Waals surface area contributed by atoms with Crippen molar-refractivity contribution < 1.29 is 0 Å². The normalized spacial score (nSPS) is 11.4. The maximum Gasteiger partial charge on any atom is 0.0881 e. The highest BCUT2D eigenvalue weighted by atomic mass is 15.2. The standard InChI is InChI=1S/C11H21N3/c1-6-12-11-9(7(2)3)13-14-10(11)8(4)5/h7-8,12H,6H2,1-5H3,(H,13,14). The van der Waals surface area contributed by atoms with Crippen molar-refractivity contribution in [1.82, 2.24) is 10.2 Å². The van der Waals surface area contributed by atoms with Gasteiger partial charge in [-0.1, -0.05) is 27.7 Å². The molecule has 1 aromatic heterocycles. The average molecular weight is 195 g/mol. The van der Waals surface area contributed by atoms with Crippen LogP contribution in [0.4, 0.5) is 5.69 Å². The Hall–Kier alpha value is -0.990. The van der Waals surface area contributed by atoms with E-state index in [2.05, 4.69) is 50.1 Å². The van der Waals surface area contributed by atoms with Crippen molar-refractivity contribution >= 4 is 5.69 Å². The molecule has 80 valence electrons. The summed E-state index contributed by atoms with van der Waals surface area (Å²) in [5.74, 6) is 0.955. The second-order valence-electron chi connectivity index (χ2n) is 4.24. The molecular formula is C11H21N3. The highest BCUT2D eigenvalue weighted by Crippen LogP contribution is 2.29. The van der Waals surface area contributed by atoms with Crippen molar-refractivity contribution in [3.05, 3.63) is 11.4 Å². The molecule has 1 aromatic rings. The summed E-state index contributed by atoms with van der Waals surface area (Å²) in [7, 11) is 0. The highest BCUT2D eigenvalue weighted by molar-refractivity contribution is 5.54. The van der Waals surface area contributed by atoms with E-state index in [0.29, 0.717) is 11.8 Å². The summed E-state index contributed by atoms with van der Waals surface area (Å²) in [4.78, 5) is 0. The quantitative estimate of drug-likeness (QED) is 0.775. The van der Waals surface area contributed by atoms with E-state index in [9.17, 15) is 0 Å². The zero-order valence-corrected chi connectivity index (χ0v) is 9.81. The molecule has 3 nitrogen and oxygen atoms in total. The van der Waals surface area contributed by atoms with Gasteiger partial charge in [0.15, 0.2) is 0 Å². The number of H-pyrrole nitrogens is 1. The van der Waals surface area contributed by atoms with Crippen LogP contribution in [0.5, 0.6) is 0 Å². The molecule has 0 bridgehead atoms. The van der Waals surface area contributed by atoms with Gasteiger partial charge in [0.25, 0.3) is 0 Å². The van der Waals surface area contributed by atoms with E-state index in [1.54, 1.807) is 0 Å². The van der Waals surface area contributed by atoms with Crippen LogP contribution >= 0.6 is 0 Å². The fourth-order valence-electron chi connectivity index (χ4n) is 1.57. The Bertz CT molecular complexity index is 261. The largest absolute Gasteiger partial charge is 0.382 e. The van der Waals surface area contributed by atoms with Crippen LogP contribution < -0.4 is 5.32 Å². The Kier molecular flexibility index (Phi) is 3.55. The lowest BCUT2D eigenvalue weighted by molar-refractivity contribution is 0.791. The van der Waals surface area contributed by atoms with Gasteiger partial charge in [0.05, 0.1) is 17.1 Å². The number of aromatic amines is 1. The maximum atomic E-state index is 4.37. The van der Waals surface area contributed by atoms with E-state index in [1.807, 2.05) is 0 Å². The van der Waals surface area contributed by atoms with E-state index >= 15 is 0 Å². The molecule has 14 heavy (non-hydrogen) atoms. The van der Waals surface area contributed by atoms with Crippen molar-refractivity contribution in [1.29, 1.82) is 0 Å². The van der Waals surface area contributed by atoms with Gasteiger partial charge >= 0.3 is 0 Å². The van der Waals surface area contributed by atoms with E-state index < -0.39 is 0 Å². The van der Waals surface area contributed by atoms with Crippen LogP contribution in [0.3, 0.4) is 0 Å². The lowest BCUT2D eigenvalue weighted by atomic mass is 10.0. The van der Waals surface area contributed by atoms with Crippen molar-refractivity contribution in [3.8, 4) is 0 Å². The molecule has 0 aliphatic rings. The molecule has 0 saturated heterocycles. The minimum atomic E-state index is 0.466. The topological polar surface area (TPSA) is 40.7 Å². The van der Waals surface area contributed by atoms with Crippen LogP contribution in [0.2, 0.25) is 0 Å². The Balaban J connectivity index is 3.06. The predicted molar refractivity (Wildman–Crippen MR) is 60.9 cm³/mol. The Morgan fingerprint density at radius 3 is 2.29 bits per heavy atom. The van der Waals surface area contributed by atoms with Crippen LogP contribution in [-0.2, 0) is 0 Å². The summed E-state index contributed by atoms with van der Waals surface area (Å²) in [6, 6.07) is 0. The number of rotatable bonds is 4. The van der Waals surface area contributed by atoms with E-state index in [4.69, 9.17) is 0 Å². The molecule has 0 unspecified atom stereocenters. The third-order valence-electron chi connectivity index (χ3n) is 2.30. The lowest BCUT2D eigenvalue weighted by Crippen LogP contribution is -2.03. The monoisotopic (exact) mass is 195 g/mol. The van der Waals surface area contributed by atoms with E-state index in [1.165, 1.54) is 11.4 Å². The van der Waals surface area contributed by atoms with E-state index in [0.717, 1.165) is 12.2 Å². The summed E-state index contributed by atoms with van der Waals surface area (Å²) >= 11 is 0. The zero-order chi connectivity index (χ0) is 10.7. The molecule has 0 amide bonds. The van der Waals surface area contributed by atoms with Crippen LogP contribution in [-0.4, -0.2) is 16.7 Å². The Morgan fingerprint density at radius 2 is 1.86 bits per heavy atom. The molecule has 0 aliphatic carbocycles. The van der Waals surface area contributed by atoms with Crippen molar-refractivity contribution in [2.75, 3.05) is 11.9 Å². The van der Waals surface area contributed by atoms with Gasteiger partial charge in [-0.3, -0.25) is 5.10 Å². The van der Waals surface area contributed by atoms with Gasteiger partial charge in [-0.15, -0.1) is 0 Å². The van der Waals surface area contributed by atoms with E-state index in [-0.39, 0.29) is 0 Å². The fraction of sp³-hybridized carbons (Fsp3) is 0.727. The molecule has 0 spiro atoms. The summed E-state index contributed by atoms with van der Waals surface area (Å²) in [6.07, 6.45) is 0. The number of hydrogen-bond donors (Lipinski definition) is 2. The first-order chi connectivity index (χ1) is 6.57. The Labute approximate surface area is 86.3 Å². The average Bonchev–Trinajstić information content (AvgIpc) is 2.48. The molecular weight excluding hydrogens is 174 g/mol. The second-order valence-corrected chi connectivity index (χ2v) is 4.24. The molecule has 0 fully saturated rings. The predicted octanol–water partition coefficient (Wildman–Crippen LogP) is 3.09. The van der Waals surface area contributed by atoms with Crippen molar-refractivity contribution in [2.24, 2.45) is 0 Å². The number of hydrogen-bond acceptors (Lipinski definition) is 2. The molecule has 1 rings (SSSR count). The number of nitrogens with zero attached hydrogens (tertiary/aromatic N) is 1. The molecule has 2 N–H and O–H groups in total. The SMILES string of the molecule is CCNc1c(C(C)C)n[nH]c1C(C)C. The van der Waals surface area contributed by atoms with Crippen LogP contribution in [0.1, 0.15) is 57.8 Å². The summed E-state index contributed by atoms with van der Waals surface area (Å²) in [6.45, 7) is 11.7. The van der Waals surface area contributed by atoms with Gasteiger partial charge in [-0.05, 0) is 18.8 Å². The minimum absolute atomic E-state index is 0.466. The fourth-order valence-corrected chi connectivity index (χ4v) is 1.57. The zero-order valence-electron chi connectivity index (χ0n) is 9.81. The lowest BCUT2D eigenvalue weighted by Gasteiger charge is -2.10. The molecule has 3 heteroatoms. The van der Waals surface area contributed by atoms with Gasteiger partial charge in [-0.25, -0.2) is 0 Å². The molecule has 0 saturated carbocycles. The van der Waals surface area contributed by atoms with Crippen LogP contribution in [0.25, 0.3) is 0 Å². The number of anilines is 1. The number of nitrogens with one attached hydrogen (secondary N) is 2. The second kappa shape index (κ2) is 4.49. The first-order valence-electron chi connectivity index (χ1n) is 5.39. The van der Waals surface area contributed by atoms with Crippen LogP contribution in [0.15, 0.2) is 0 Å². The minimum Gasteiger partial charge on any atom is -0.382 e. The third kappa shape index (κ3) is 2.08. The van der Waals surface area contributed by atoms with Gasteiger partial charge in [0.2, 0.25) is 0 Å². The first kappa shape index (κ1) is 11.1. The van der Waals surface area contributed by atoms with Crippen molar-refractivity contribution in [3.63, 3.8) is 0 Å². The van der Waals surface area contributed by atoms with Gasteiger partial charge in [0, 0.05) is 6.54 Å². The smallest absolute Gasteiger partial charge is 0.0881 e. The molecule has 0 aromatic carbocycles. The van der Waals surface area contributed by atoms with Crippen molar-refractivity contribution in [2.45, 2.75) is 46.5 Å². The van der Waals surface area contributed by atoms with Gasteiger partial charge in [0.1, 0.15) is 0 Å². The number of aromatic nitrogens is 2. The molecule has 0 radical (unpaired) electrons. The molecule has 0 aliphatic heterocycles.